The Hall–Kier alpha value is -2.33. The summed E-state index contributed by atoms with van der Waals surface area (Å²) in [7, 11) is 0. The Labute approximate surface area is 161 Å². The summed E-state index contributed by atoms with van der Waals surface area (Å²) in [6.45, 7) is 2.23. The summed E-state index contributed by atoms with van der Waals surface area (Å²) in [6.07, 6.45) is 3.08. The third-order valence-electron chi connectivity index (χ3n) is 4.84. The van der Waals surface area contributed by atoms with Gasteiger partial charge in [-0.25, -0.2) is 4.68 Å². The molecule has 7 heteroatoms. The van der Waals surface area contributed by atoms with Crippen LogP contribution in [0.4, 0.5) is 5.82 Å². The lowest BCUT2D eigenvalue weighted by atomic mass is 9.86. The quantitative estimate of drug-likeness (QED) is 0.758. The number of nitriles is 1. The molecular weight excluding hydrogens is 396 g/mol. The molecule has 0 aliphatic heterocycles. The molecule has 136 valence electrons. The fourth-order valence-electron chi connectivity index (χ4n) is 3.46. The van der Waals surface area contributed by atoms with Crippen LogP contribution in [0.1, 0.15) is 44.2 Å². The van der Waals surface area contributed by atoms with Crippen molar-refractivity contribution in [3.05, 3.63) is 34.3 Å². The molecule has 1 aliphatic carbocycles. The number of rotatable bonds is 4. The molecule has 1 aliphatic rings. The molecule has 0 radical (unpaired) electrons. The number of nitrogens with zero attached hydrogens (tertiary/aromatic N) is 3. The van der Waals surface area contributed by atoms with E-state index in [1.165, 1.54) is 0 Å². The maximum Gasteiger partial charge on any atom is 0.308 e. The zero-order valence-electron chi connectivity index (χ0n) is 14.6. The van der Waals surface area contributed by atoms with Gasteiger partial charge in [0.2, 0.25) is 0 Å². The van der Waals surface area contributed by atoms with Crippen LogP contribution >= 0.6 is 15.9 Å². The minimum Gasteiger partial charge on any atom is -0.466 e. The molecular formula is C19H21BrN4O2. The van der Waals surface area contributed by atoms with Gasteiger partial charge in [-0.1, -0.05) is 28.1 Å². The van der Waals surface area contributed by atoms with Gasteiger partial charge in [-0.3, -0.25) is 4.79 Å². The number of hydrogen-bond acceptors (Lipinski definition) is 5. The first-order valence-corrected chi connectivity index (χ1v) is 9.55. The number of benzene rings is 1. The van der Waals surface area contributed by atoms with E-state index in [0.29, 0.717) is 23.7 Å². The van der Waals surface area contributed by atoms with Crippen LogP contribution in [0.5, 0.6) is 0 Å². The first kappa shape index (κ1) is 18.5. The second-order valence-electron chi connectivity index (χ2n) is 6.43. The van der Waals surface area contributed by atoms with Gasteiger partial charge < -0.3 is 10.5 Å². The molecule has 0 amide bonds. The first-order valence-electron chi connectivity index (χ1n) is 8.75. The SMILES string of the molecule is CCOC(=O)C1CCC(n2nc(-c3ccc(Br)cc3)c(C#N)c2N)CC1. The number of aromatic nitrogens is 2. The van der Waals surface area contributed by atoms with Crippen LogP contribution in [0.3, 0.4) is 0 Å². The van der Waals surface area contributed by atoms with E-state index in [-0.39, 0.29) is 17.9 Å². The molecule has 2 N–H and O–H groups in total. The summed E-state index contributed by atoms with van der Waals surface area (Å²) in [5, 5.41) is 14.2. The van der Waals surface area contributed by atoms with Gasteiger partial charge in [-0.15, -0.1) is 0 Å². The van der Waals surface area contributed by atoms with Crippen molar-refractivity contribution < 1.29 is 9.53 Å². The highest BCUT2D eigenvalue weighted by Crippen LogP contribution is 2.37. The predicted octanol–water partition coefficient (Wildman–Crippen LogP) is 4.06. The summed E-state index contributed by atoms with van der Waals surface area (Å²) >= 11 is 3.41. The number of halogens is 1. The monoisotopic (exact) mass is 416 g/mol. The zero-order valence-corrected chi connectivity index (χ0v) is 16.2. The van der Waals surface area contributed by atoms with Crippen molar-refractivity contribution in [3.63, 3.8) is 0 Å². The smallest absolute Gasteiger partial charge is 0.308 e. The van der Waals surface area contributed by atoms with Gasteiger partial charge in [0, 0.05) is 10.0 Å². The van der Waals surface area contributed by atoms with Crippen LogP contribution in [-0.4, -0.2) is 22.4 Å². The summed E-state index contributed by atoms with van der Waals surface area (Å²) in [6, 6.07) is 9.93. The number of ether oxygens (including phenoxy) is 1. The van der Waals surface area contributed by atoms with Crippen LogP contribution in [0.25, 0.3) is 11.3 Å². The van der Waals surface area contributed by atoms with Crippen molar-refractivity contribution in [1.82, 2.24) is 9.78 Å². The average molecular weight is 417 g/mol. The highest BCUT2D eigenvalue weighted by Gasteiger charge is 2.30. The molecule has 0 atom stereocenters. The molecule has 1 heterocycles. The normalized spacial score (nSPS) is 19.7. The van der Waals surface area contributed by atoms with Crippen LogP contribution in [0.15, 0.2) is 28.7 Å². The maximum absolute atomic E-state index is 11.9. The molecule has 0 bridgehead atoms. The summed E-state index contributed by atoms with van der Waals surface area (Å²) in [5.41, 5.74) is 8.09. The molecule has 0 saturated heterocycles. The van der Waals surface area contributed by atoms with Gasteiger partial charge in [0.1, 0.15) is 23.1 Å². The highest BCUT2D eigenvalue weighted by atomic mass is 79.9. The van der Waals surface area contributed by atoms with E-state index in [2.05, 4.69) is 27.1 Å². The third kappa shape index (κ3) is 3.61. The third-order valence-corrected chi connectivity index (χ3v) is 5.37. The summed E-state index contributed by atoms with van der Waals surface area (Å²) in [5.74, 6) is 0.224. The minimum atomic E-state index is -0.118. The average Bonchev–Trinajstić information content (AvgIpc) is 2.99. The molecule has 1 aromatic heterocycles. The van der Waals surface area contributed by atoms with E-state index in [4.69, 9.17) is 10.5 Å². The van der Waals surface area contributed by atoms with Crippen molar-refractivity contribution in [2.45, 2.75) is 38.6 Å². The molecule has 2 aromatic rings. The van der Waals surface area contributed by atoms with Crippen LogP contribution < -0.4 is 5.73 Å². The van der Waals surface area contributed by atoms with Crippen LogP contribution in [0, 0.1) is 17.2 Å². The number of carbonyl (C=O) groups is 1. The Balaban J connectivity index is 1.83. The van der Waals surface area contributed by atoms with Gasteiger partial charge in [0.15, 0.2) is 0 Å². The number of carbonyl (C=O) groups excluding carboxylic acids is 1. The zero-order chi connectivity index (χ0) is 18.7. The predicted molar refractivity (Wildman–Crippen MR) is 102 cm³/mol. The fourth-order valence-corrected chi connectivity index (χ4v) is 3.73. The number of esters is 1. The molecule has 0 unspecified atom stereocenters. The molecule has 1 saturated carbocycles. The number of anilines is 1. The van der Waals surface area contributed by atoms with Gasteiger partial charge in [0.05, 0.1) is 18.6 Å². The van der Waals surface area contributed by atoms with Gasteiger partial charge >= 0.3 is 5.97 Å². The Bertz CT molecular complexity index is 830. The van der Waals surface area contributed by atoms with E-state index >= 15 is 0 Å². The lowest BCUT2D eigenvalue weighted by molar-refractivity contribution is -0.149. The molecule has 6 nitrogen and oxygen atoms in total. The molecule has 1 fully saturated rings. The van der Waals surface area contributed by atoms with Gasteiger partial charge in [-0.05, 0) is 44.7 Å². The lowest BCUT2D eigenvalue weighted by Gasteiger charge is -2.27. The van der Waals surface area contributed by atoms with Crippen molar-refractivity contribution >= 4 is 27.7 Å². The van der Waals surface area contributed by atoms with Gasteiger partial charge in [0.25, 0.3) is 0 Å². The standard InChI is InChI=1S/C19H21BrN4O2/c1-2-26-19(25)13-5-9-15(10-6-13)24-18(22)16(11-21)17(23-24)12-3-7-14(20)8-4-12/h3-4,7-8,13,15H,2,5-6,9-10,22H2,1H3. The van der Waals surface area contributed by atoms with E-state index in [9.17, 15) is 10.1 Å². The van der Waals surface area contributed by atoms with Crippen molar-refractivity contribution in [2.24, 2.45) is 5.92 Å². The Morgan fingerprint density at radius 2 is 2.00 bits per heavy atom. The topological polar surface area (TPSA) is 93.9 Å². The Kier molecular flexibility index (Phi) is 5.62. The molecule has 26 heavy (non-hydrogen) atoms. The lowest BCUT2D eigenvalue weighted by Crippen LogP contribution is -2.26. The number of nitrogens with two attached hydrogens (primary N) is 1. The first-order chi connectivity index (χ1) is 12.5. The number of nitrogen functional groups attached to an aromatic ring is 1. The summed E-state index contributed by atoms with van der Waals surface area (Å²) < 4.78 is 7.84. The van der Waals surface area contributed by atoms with E-state index in [0.717, 1.165) is 35.7 Å². The fraction of sp³-hybridized carbons (Fsp3) is 0.421. The number of hydrogen-bond donors (Lipinski definition) is 1. The second-order valence-corrected chi connectivity index (χ2v) is 7.35. The van der Waals surface area contributed by atoms with Crippen LogP contribution in [-0.2, 0) is 9.53 Å². The minimum absolute atomic E-state index is 0.0515. The Morgan fingerprint density at radius 3 is 2.58 bits per heavy atom. The van der Waals surface area contributed by atoms with Gasteiger partial charge in [-0.2, -0.15) is 10.4 Å². The molecule has 0 spiro atoms. The van der Waals surface area contributed by atoms with Crippen molar-refractivity contribution in [1.29, 1.82) is 5.26 Å². The Morgan fingerprint density at radius 1 is 1.35 bits per heavy atom. The van der Waals surface area contributed by atoms with Crippen molar-refractivity contribution in [3.8, 4) is 17.3 Å². The second kappa shape index (κ2) is 7.92. The van der Waals surface area contributed by atoms with E-state index < -0.39 is 0 Å². The molecule has 1 aromatic carbocycles. The van der Waals surface area contributed by atoms with E-state index in [1.807, 2.05) is 31.2 Å². The van der Waals surface area contributed by atoms with Crippen LogP contribution in [0.2, 0.25) is 0 Å². The summed E-state index contributed by atoms with van der Waals surface area (Å²) in [4.78, 5) is 11.9. The molecule has 3 rings (SSSR count). The van der Waals surface area contributed by atoms with E-state index in [1.54, 1.807) is 4.68 Å². The largest absolute Gasteiger partial charge is 0.466 e. The van der Waals surface area contributed by atoms with Crippen molar-refractivity contribution in [2.75, 3.05) is 12.3 Å². The maximum atomic E-state index is 11.9. The highest BCUT2D eigenvalue weighted by molar-refractivity contribution is 9.10.